The van der Waals surface area contributed by atoms with Gasteiger partial charge in [0, 0.05) is 16.8 Å². The van der Waals surface area contributed by atoms with Crippen molar-refractivity contribution in [3.05, 3.63) is 83.5 Å². The molecule has 4 rings (SSSR count). The van der Waals surface area contributed by atoms with Crippen LogP contribution in [-0.2, 0) is 0 Å². The van der Waals surface area contributed by atoms with Gasteiger partial charge in [-0.05, 0) is 45.8 Å². The van der Waals surface area contributed by atoms with Crippen molar-refractivity contribution < 1.29 is 9.53 Å². The van der Waals surface area contributed by atoms with Crippen molar-refractivity contribution in [1.82, 2.24) is 10.2 Å². The van der Waals surface area contributed by atoms with Crippen LogP contribution in [0.5, 0.6) is 5.75 Å². The highest BCUT2D eigenvalue weighted by molar-refractivity contribution is 9.10. The number of methoxy groups -OCH3 is 1. The summed E-state index contributed by atoms with van der Waals surface area (Å²) in [6.45, 7) is 0. The van der Waals surface area contributed by atoms with Gasteiger partial charge in [0.1, 0.15) is 5.75 Å². The summed E-state index contributed by atoms with van der Waals surface area (Å²) < 4.78 is 6.25. The molecule has 0 saturated carbocycles. The number of aromatic amines is 1. The fraction of sp³-hybridized carbons (Fsp3) is 0.0435. The number of hydrogen-bond acceptors (Lipinski definition) is 3. The molecule has 0 aliphatic carbocycles. The first kappa shape index (κ1) is 19.7. The number of halogens is 1. The molecular formula is C23H19BrN4O2. The molecule has 0 aliphatic rings. The zero-order valence-electron chi connectivity index (χ0n) is 16.1. The maximum atomic E-state index is 12.7. The third kappa shape index (κ3) is 4.21. The number of ether oxygens (including phenoxy) is 1. The van der Waals surface area contributed by atoms with E-state index in [0.717, 1.165) is 32.5 Å². The number of urea groups is 1. The van der Waals surface area contributed by atoms with E-state index in [1.807, 2.05) is 60.7 Å². The molecule has 7 heteroatoms. The minimum Gasteiger partial charge on any atom is -0.496 e. The normalized spacial score (nSPS) is 10.5. The van der Waals surface area contributed by atoms with E-state index in [1.165, 1.54) is 0 Å². The average Bonchev–Trinajstić information content (AvgIpc) is 3.20. The molecule has 0 fully saturated rings. The maximum absolute atomic E-state index is 12.7. The van der Waals surface area contributed by atoms with Crippen LogP contribution in [0.4, 0.5) is 16.2 Å². The molecule has 0 atom stereocenters. The molecular weight excluding hydrogens is 444 g/mol. The standard InChI is InChI=1S/C23H19BrN4O2/c1-30-21-12-11-16(13-18(21)22-19(24)14-25-28-22)26-23(29)27-20-10-6-5-9-17(20)15-7-3-2-4-8-15/h2-14H,1H3,(H,25,28)(H2,26,27,29). The van der Waals surface area contributed by atoms with Crippen LogP contribution in [0.15, 0.2) is 83.5 Å². The van der Waals surface area contributed by atoms with E-state index in [-0.39, 0.29) is 6.03 Å². The van der Waals surface area contributed by atoms with Crippen LogP contribution in [0.3, 0.4) is 0 Å². The first-order valence-corrected chi connectivity index (χ1v) is 10.0. The number of carbonyl (C=O) groups excluding carboxylic acids is 1. The van der Waals surface area contributed by atoms with Crippen molar-refractivity contribution in [1.29, 1.82) is 0 Å². The number of benzene rings is 3. The van der Waals surface area contributed by atoms with Gasteiger partial charge in [0.25, 0.3) is 0 Å². The Kier molecular flexibility index (Phi) is 5.81. The van der Waals surface area contributed by atoms with E-state index in [9.17, 15) is 4.79 Å². The number of rotatable bonds is 5. The molecule has 30 heavy (non-hydrogen) atoms. The second kappa shape index (κ2) is 8.84. The fourth-order valence-corrected chi connectivity index (χ4v) is 3.59. The van der Waals surface area contributed by atoms with Gasteiger partial charge in [-0.25, -0.2) is 4.79 Å². The van der Waals surface area contributed by atoms with Crippen molar-refractivity contribution in [2.24, 2.45) is 0 Å². The zero-order chi connectivity index (χ0) is 20.9. The first-order valence-electron chi connectivity index (χ1n) is 9.25. The lowest BCUT2D eigenvalue weighted by molar-refractivity contribution is 0.262. The second-order valence-corrected chi connectivity index (χ2v) is 7.35. The number of amides is 2. The van der Waals surface area contributed by atoms with Crippen LogP contribution in [0.1, 0.15) is 0 Å². The highest BCUT2D eigenvalue weighted by Gasteiger charge is 2.14. The summed E-state index contributed by atoms with van der Waals surface area (Å²) in [5, 5.41) is 12.8. The van der Waals surface area contributed by atoms with E-state index >= 15 is 0 Å². The maximum Gasteiger partial charge on any atom is 0.323 e. The highest BCUT2D eigenvalue weighted by atomic mass is 79.9. The molecule has 2 amide bonds. The van der Waals surface area contributed by atoms with Crippen LogP contribution >= 0.6 is 15.9 Å². The predicted octanol–water partition coefficient (Wildman–Crippen LogP) is 6.16. The molecule has 0 radical (unpaired) electrons. The van der Waals surface area contributed by atoms with Gasteiger partial charge in [0.15, 0.2) is 0 Å². The number of anilines is 2. The van der Waals surface area contributed by atoms with Crippen molar-refractivity contribution >= 4 is 33.3 Å². The Morgan fingerprint density at radius 2 is 1.73 bits per heavy atom. The number of aromatic nitrogens is 2. The van der Waals surface area contributed by atoms with Crippen molar-refractivity contribution in [2.45, 2.75) is 0 Å². The number of H-pyrrole nitrogens is 1. The van der Waals surface area contributed by atoms with Crippen LogP contribution in [-0.4, -0.2) is 23.3 Å². The van der Waals surface area contributed by atoms with Crippen molar-refractivity contribution in [2.75, 3.05) is 17.7 Å². The van der Waals surface area contributed by atoms with E-state index in [2.05, 4.69) is 36.8 Å². The molecule has 1 heterocycles. The Balaban J connectivity index is 1.57. The summed E-state index contributed by atoms with van der Waals surface area (Å²) in [5.41, 5.74) is 4.89. The average molecular weight is 463 g/mol. The summed E-state index contributed by atoms with van der Waals surface area (Å²) in [6.07, 6.45) is 1.67. The summed E-state index contributed by atoms with van der Waals surface area (Å²) in [4.78, 5) is 12.7. The van der Waals surface area contributed by atoms with E-state index < -0.39 is 0 Å². The Morgan fingerprint density at radius 3 is 2.47 bits per heavy atom. The highest BCUT2D eigenvalue weighted by Crippen LogP contribution is 2.35. The first-order chi connectivity index (χ1) is 14.7. The van der Waals surface area contributed by atoms with Crippen LogP contribution in [0, 0.1) is 0 Å². The lowest BCUT2D eigenvalue weighted by atomic mass is 10.0. The Bertz CT molecular complexity index is 1170. The third-order valence-electron chi connectivity index (χ3n) is 4.58. The third-order valence-corrected chi connectivity index (χ3v) is 5.18. The van der Waals surface area contributed by atoms with Crippen molar-refractivity contribution in [3.8, 4) is 28.1 Å². The SMILES string of the molecule is COc1ccc(NC(=O)Nc2ccccc2-c2ccccc2)cc1-c1[nH]ncc1Br. The molecule has 0 bridgehead atoms. The molecule has 0 unspecified atom stereocenters. The lowest BCUT2D eigenvalue weighted by Crippen LogP contribution is -2.19. The fourth-order valence-electron chi connectivity index (χ4n) is 3.19. The second-order valence-electron chi connectivity index (χ2n) is 6.50. The van der Waals surface area contributed by atoms with Gasteiger partial charge in [-0.15, -0.1) is 0 Å². The summed E-state index contributed by atoms with van der Waals surface area (Å²) in [5.74, 6) is 0.667. The molecule has 3 aromatic carbocycles. The van der Waals surface area contributed by atoms with Gasteiger partial charge in [-0.1, -0.05) is 48.5 Å². The summed E-state index contributed by atoms with van der Waals surface area (Å²) in [6, 6.07) is 22.7. The minimum atomic E-state index is -0.335. The van der Waals surface area contributed by atoms with E-state index in [1.54, 1.807) is 25.4 Å². The molecule has 3 N–H and O–H groups in total. The Morgan fingerprint density at radius 1 is 0.967 bits per heavy atom. The monoisotopic (exact) mass is 462 g/mol. The number of nitrogens with zero attached hydrogens (tertiary/aromatic N) is 1. The van der Waals surface area contributed by atoms with E-state index in [0.29, 0.717) is 11.4 Å². The van der Waals surface area contributed by atoms with Gasteiger partial charge in [-0.3, -0.25) is 5.10 Å². The molecule has 4 aromatic rings. The molecule has 150 valence electrons. The van der Waals surface area contributed by atoms with Crippen LogP contribution in [0.25, 0.3) is 22.4 Å². The van der Waals surface area contributed by atoms with Gasteiger partial charge < -0.3 is 15.4 Å². The molecule has 0 aliphatic heterocycles. The number of nitrogens with one attached hydrogen (secondary N) is 3. The molecule has 0 saturated heterocycles. The number of para-hydroxylation sites is 1. The van der Waals surface area contributed by atoms with Crippen LogP contribution in [0.2, 0.25) is 0 Å². The van der Waals surface area contributed by atoms with Crippen molar-refractivity contribution in [3.63, 3.8) is 0 Å². The minimum absolute atomic E-state index is 0.335. The molecule has 6 nitrogen and oxygen atoms in total. The quantitative estimate of drug-likeness (QED) is 0.332. The molecule has 0 spiro atoms. The number of hydrogen-bond donors (Lipinski definition) is 3. The summed E-state index contributed by atoms with van der Waals surface area (Å²) in [7, 11) is 1.60. The largest absolute Gasteiger partial charge is 0.496 e. The van der Waals surface area contributed by atoms with Crippen LogP contribution < -0.4 is 15.4 Å². The van der Waals surface area contributed by atoms with Gasteiger partial charge in [-0.2, -0.15) is 5.10 Å². The Hall–Kier alpha value is -3.58. The van der Waals surface area contributed by atoms with Gasteiger partial charge >= 0.3 is 6.03 Å². The lowest BCUT2D eigenvalue weighted by Gasteiger charge is -2.14. The smallest absolute Gasteiger partial charge is 0.323 e. The van der Waals surface area contributed by atoms with Gasteiger partial charge in [0.05, 0.1) is 29.2 Å². The van der Waals surface area contributed by atoms with Gasteiger partial charge in [0.2, 0.25) is 0 Å². The zero-order valence-corrected chi connectivity index (χ0v) is 17.7. The Labute approximate surface area is 182 Å². The predicted molar refractivity (Wildman–Crippen MR) is 123 cm³/mol. The number of carbonyl (C=O) groups is 1. The summed E-state index contributed by atoms with van der Waals surface area (Å²) >= 11 is 3.47. The topological polar surface area (TPSA) is 79.0 Å². The molecule has 1 aromatic heterocycles. The van der Waals surface area contributed by atoms with E-state index in [4.69, 9.17) is 4.74 Å².